The van der Waals surface area contributed by atoms with Crippen molar-refractivity contribution in [3.8, 4) is 0 Å². The summed E-state index contributed by atoms with van der Waals surface area (Å²) < 4.78 is 1.12. The molecule has 0 bridgehead atoms. The summed E-state index contributed by atoms with van der Waals surface area (Å²) in [5.74, 6) is 0. The third kappa shape index (κ3) is 3.63. The van der Waals surface area contributed by atoms with E-state index in [4.69, 9.17) is 5.11 Å². The van der Waals surface area contributed by atoms with Gasteiger partial charge in [-0.3, -0.25) is 4.79 Å². The zero-order chi connectivity index (χ0) is 12.1. The first-order chi connectivity index (χ1) is 7.52. The molecule has 0 fully saturated rings. The molecule has 0 amide bonds. The fourth-order valence-corrected chi connectivity index (χ4v) is 1.24. The van der Waals surface area contributed by atoms with Crippen LogP contribution >= 0.6 is 0 Å². The van der Waals surface area contributed by atoms with Gasteiger partial charge in [-0.1, -0.05) is 0 Å². The van der Waals surface area contributed by atoms with Crippen LogP contribution in [0.3, 0.4) is 0 Å². The number of aromatic nitrogens is 2. The second-order valence-corrected chi connectivity index (χ2v) is 3.90. The van der Waals surface area contributed by atoms with E-state index in [9.17, 15) is 9.90 Å². The Morgan fingerprint density at radius 3 is 2.75 bits per heavy atom. The van der Waals surface area contributed by atoms with Gasteiger partial charge in [0.15, 0.2) is 0 Å². The molecule has 16 heavy (non-hydrogen) atoms. The zero-order valence-electron chi connectivity index (χ0n) is 9.42. The van der Waals surface area contributed by atoms with Crippen molar-refractivity contribution in [2.45, 2.75) is 32.5 Å². The smallest absolute Gasteiger partial charge is 0.268 e. The van der Waals surface area contributed by atoms with E-state index in [-0.39, 0.29) is 24.8 Å². The highest BCUT2D eigenvalue weighted by atomic mass is 16.3. The monoisotopic (exact) mass is 227 g/mol. The summed E-state index contributed by atoms with van der Waals surface area (Å²) in [6.45, 7) is 3.53. The first kappa shape index (κ1) is 12.7. The Bertz CT molecular complexity index is 389. The minimum absolute atomic E-state index is 0.00269. The highest BCUT2D eigenvalue weighted by Gasteiger charge is 2.06. The van der Waals surface area contributed by atoms with E-state index >= 15 is 0 Å². The van der Waals surface area contributed by atoms with Crippen LogP contribution in [0.15, 0.2) is 17.1 Å². The summed E-state index contributed by atoms with van der Waals surface area (Å²) in [5.41, 5.74) is 0.341. The van der Waals surface area contributed by atoms with Crippen molar-refractivity contribution in [2.75, 3.05) is 11.9 Å². The number of rotatable bonds is 5. The fraction of sp³-hybridized carbons (Fsp3) is 0.600. The van der Waals surface area contributed by atoms with Crippen molar-refractivity contribution < 1.29 is 10.2 Å². The van der Waals surface area contributed by atoms with Crippen LogP contribution in [0.5, 0.6) is 0 Å². The van der Waals surface area contributed by atoms with Crippen LogP contribution in [0, 0.1) is 0 Å². The maximum Gasteiger partial charge on any atom is 0.268 e. The standard InChI is InChI=1S/C10H17N3O3/c1-7(2)12-8-3-10(16)13(11-4-8)5-9(15)6-14/h3-4,7,9,12,14-15H,5-6H2,1-2H3. The highest BCUT2D eigenvalue weighted by Crippen LogP contribution is 2.01. The Kier molecular flexibility index (Phi) is 4.45. The predicted octanol–water partition coefficient (Wildman–Crippen LogP) is -0.583. The molecule has 6 heteroatoms. The number of hydrogen-bond donors (Lipinski definition) is 3. The van der Waals surface area contributed by atoms with Crippen molar-refractivity contribution in [2.24, 2.45) is 0 Å². The molecule has 0 aromatic carbocycles. The van der Waals surface area contributed by atoms with Gasteiger partial charge in [0, 0.05) is 12.1 Å². The molecule has 90 valence electrons. The Balaban J connectivity index is 2.79. The van der Waals surface area contributed by atoms with E-state index in [2.05, 4.69) is 10.4 Å². The van der Waals surface area contributed by atoms with Gasteiger partial charge in [0.1, 0.15) is 0 Å². The van der Waals surface area contributed by atoms with Crippen molar-refractivity contribution >= 4 is 5.69 Å². The normalized spacial score (nSPS) is 12.8. The lowest BCUT2D eigenvalue weighted by molar-refractivity contribution is 0.0770. The van der Waals surface area contributed by atoms with Gasteiger partial charge in [-0.2, -0.15) is 5.10 Å². The molecule has 1 unspecified atom stereocenters. The SMILES string of the molecule is CC(C)Nc1cnn(CC(O)CO)c(=O)c1. The molecule has 1 aromatic rings. The van der Waals surface area contributed by atoms with E-state index in [1.165, 1.54) is 12.3 Å². The average Bonchev–Trinajstić information content (AvgIpc) is 2.21. The summed E-state index contributed by atoms with van der Waals surface area (Å²) in [6, 6.07) is 1.64. The molecule has 1 heterocycles. The molecule has 6 nitrogen and oxygen atoms in total. The number of anilines is 1. The third-order valence-corrected chi connectivity index (χ3v) is 1.92. The summed E-state index contributed by atoms with van der Waals surface area (Å²) in [5, 5.41) is 24.8. The van der Waals surface area contributed by atoms with Crippen molar-refractivity contribution in [3.63, 3.8) is 0 Å². The Morgan fingerprint density at radius 2 is 2.25 bits per heavy atom. The quantitative estimate of drug-likeness (QED) is 0.626. The molecule has 1 aromatic heterocycles. The number of hydrogen-bond acceptors (Lipinski definition) is 5. The van der Waals surface area contributed by atoms with Crippen LogP contribution < -0.4 is 10.9 Å². The maximum absolute atomic E-state index is 11.5. The Morgan fingerprint density at radius 1 is 1.56 bits per heavy atom. The summed E-state index contributed by atoms with van der Waals surface area (Å²) in [4.78, 5) is 11.5. The maximum atomic E-state index is 11.5. The predicted molar refractivity (Wildman–Crippen MR) is 60.3 cm³/mol. The third-order valence-electron chi connectivity index (χ3n) is 1.92. The molecule has 1 rings (SSSR count). The minimum atomic E-state index is -0.964. The van der Waals surface area contributed by atoms with Crippen LogP contribution in [0.1, 0.15) is 13.8 Å². The van der Waals surface area contributed by atoms with Gasteiger partial charge in [0.2, 0.25) is 0 Å². The lowest BCUT2D eigenvalue weighted by Gasteiger charge is -2.11. The van der Waals surface area contributed by atoms with Gasteiger partial charge in [0.05, 0.1) is 31.1 Å². The van der Waals surface area contributed by atoms with E-state index in [0.717, 1.165) is 4.68 Å². The van der Waals surface area contributed by atoms with Gasteiger partial charge in [-0.25, -0.2) is 4.68 Å². The van der Waals surface area contributed by atoms with Gasteiger partial charge in [0.25, 0.3) is 5.56 Å². The Hall–Kier alpha value is -1.40. The van der Waals surface area contributed by atoms with Crippen LogP contribution in [0.4, 0.5) is 5.69 Å². The number of nitrogens with zero attached hydrogens (tertiary/aromatic N) is 2. The topological polar surface area (TPSA) is 87.4 Å². The van der Waals surface area contributed by atoms with E-state index in [1.807, 2.05) is 13.8 Å². The van der Waals surface area contributed by atoms with Crippen LogP contribution in [0.2, 0.25) is 0 Å². The molecule has 0 radical (unpaired) electrons. The van der Waals surface area contributed by atoms with Crippen molar-refractivity contribution in [1.29, 1.82) is 0 Å². The van der Waals surface area contributed by atoms with Gasteiger partial charge < -0.3 is 15.5 Å². The van der Waals surface area contributed by atoms with Crippen molar-refractivity contribution in [3.05, 3.63) is 22.6 Å². The molecule has 0 spiro atoms. The minimum Gasteiger partial charge on any atom is -0.394 e. The molecular formula is C10H17N3O3. The summed E-state index contributed by atoms with van der Waals surface area (Å²) in [6.07, 6.45) is 0.556. The first-order valence-corrected chi connectivity index (χ1v) is 5.15. The molecule has 1 atom stereocenters. The zero-order valence-corrected chi connectivity index (χ0v) is 9.42. The number of aliphatic hydroxyl groups excluding tert-OH is 2. The molecule has 0 saturated heterocycles. The molecule has 0 aliphatic rings. The molecular weight excluding hydrogens is 210 g/mol. The van der Waals surface area contributed by atoms with Gasteiger partial charge in [-0.05, 0) is 13.8 Å². The van der Waals surface area contributed by atoms with Crippen LogP contribution in [-0.2, 0) is 6.54 Å². The largest absolute Gasteiger partial charge is 0.394 e. The Labute approximate surface area is 93.5 Å². The van der Waals surface area contributed by atoms with Crippen LogP contribution in [-0.4, -0.2) is 38.7 Å². The molecule has 0 aliphatic heterocycles. The lowest BCUT2D eigenvalue weighted by Crippen LogP contribution is -2.30. The lowest BCUT2D eigenvalue weighted by atomic mass is 10.3. The van der Waals surface area contributed by atoms with Gasteiger partial charge >= 0.3 is 0 Å². The second kappa shape index (κ2) is 5.62. The number of aliphatic hydroxyl groups is 2. The molecule has 0 aliphatic carbocycles. The van der Waals surface area contributed by atoms with E-state index in [0.29, 0.717) is 5.69 Å². The molecule has 3 N–H and O–H groups in total. The first-order valence-electron chi connectivity index (χ1n) is 5.15. The van der Waals surface area contributed by atoms with Crippen LogP contribution in [0.25, 0.3) is 0 Å². The summed E-state index contributed by atoms with van der Waals surface area (Å²) >= 11 is 0. The van der Waals surface area contributed by atoms with E-state index < -0.39 is 6.10 Å². The summed E-state index contributed by atoms with van der Waals surface area (Å²) in [7, 11) is 0. The van der Waals surface area contributed by atoms with Crippen molar-refractivity contribution in [1.82, 2.24) is 9.78 Å². The second-order valence-electron chi connectivity index (χ2n) is 3.90. The molecule has 0 saturated carbocycles. The van der Waals surface area contributed by atoms with E-state index in [1.54, 1.807) is 0 Å². The highest BCUT2D eigenvalue weighted by molar-refractivity contribution is 5.39. The van der Waals surface area contributed by atoms with Gasteiger partial charge in [-0.15, -0.1) is 0 Å². The fourth-order valence-electron chi connectivity index (χ4n) is 1.24. The number of nitrogens with one attached hydrogen (secondary N) is 1. The average molecular weight is 227 g/mol.